The van der Waals surface area contributed by atoms with Gasteiger partial charge >= 0.3 is 0 Å². The lowest BCUT2D eigenvalue weighted by Gasteiger charge is -2.15. The van der Waals surface area contributed by atoms with Gasteiger partial charge < -0.3 is 10.3 Å². The van der Waals surface area contributed by atoms with E-state index in [1.54, 1.807) is 41.0 Å². The van der Waals surface area contributed by atoms with E-state index in [4.69, 9.17) is 5.73 Å². The lowest BCUT2D eigenvalue weighted by Crippen LogP contribution is -2.16. The molecule has 0 aliphatic carbocycles. The van der Waals surface area contributed by atoms with Gasteiger partial charge in [-0.3, -0.25) is 9.52 Å². The summed E-state index contributed by atoms with van der Waals surface area (Å²) < 4.78 is 56.0. The second-order valence-corrected chi connectivity index (χ2v) is 10.8. The van der Waals surface area contributed by atoms with Gasteiger partial charge in [0.25, 0.3) is 5.91 Å². The van der Waals surface area contributed by atoms with Gasteiger partial charge in [-0.25, -0.2) is 17.2 Å². The molecule has 0 atom stereocenters. The number of carbonyl (C=O) groups is 1. The number of benzene rings is 3. The lowest BCUT2D eigenvalue weighted by molar-refractivity contribution is 0.0994. The zero-order chi connectivity index (χ0) is 25.6. The molecular weight excluding hydrogens is 504 g/mol. The van der Waals surface area contributed by atoms with Gasteiger partial charge in [-0.15, -0.1) is 0 Å². The summed E-state index contributed by atoms with van der Waals surface area (Å²) in [5.74, 6) is -2.11. The molecule has 10 heteroatoms. The van der Waals surface area contributed by atoms with Crippen molar-refractivity contribution in [3.05, 3.63) is 94.8 Å². The number of hydrogen-bond acceptors (Lipinski definition) is 4. The Morgan fingerprint density at radius 3 is 2.39 bits per heavy atom. The number of primary amides is 1. The molecule has 2 aromatic heterocycles. The van der Waals surface area contributed by atoms with Crippen LogP contribution < -0.4 is 10.5 Å². The van der Waals surface area contributed by atoms with Crippen molar-refractivity contribution in [1.82, 2.24) is 4.57 Å². The Bertz CT molecular complexity index is 1740. The molecule has 0 aliphatic rings. The van der Waals surface area contributed by atoms with Crippen molar-refractivity contribution in [2.45, 2.75) is 0 Å². The number of sulfonamides is 1. The first-order chi connectivity index (χ1) is 17.1. The molecule has 0 saturated carbocycles. The van der Waals surface area contributed by atoms with Crippen molar-refractivity contribution in [1.29, 1.82) is 0 Å². The van der Waals surface area contributed by atoms with Crippen molar-refractivity contribution in [2.24, 2.45) is 5.73 Å². The minimum Gasteiger partial charge on any atom is -0.364 e. The van der Waals surface area contributed by atoms with Gasteiger partial charge in [0.2, 0.25) is 10.0 Å². The van der Waals surface area contributed by atoms with Gasteiger partial charge in [0.1, 0.15) is 17.3 Å². The van der Waals surface area contributed by atoms with Crippen LogP contribution in [0.15, 0.2) is 77.5 Å². The minimum absolute atomic E-state index is 0.162. The van der Waals surface area contributed by atoms with E-state index >= 15 is 0 Å². The molecule has 0 saturated heterocycles. The summed E-state index contributed by atoms with van der Waals surface area (Å²) in [5, 5.41) is 4.49. The van der Waals surface area contributed by atoms with E-state index in [1.165, 1.54) is 23.5 Å². The smallest absolute Gasteiger partial charge is 0.265 e. The molecule has 36 heavy (non-hydrogen) atoms. The molecular formula is C26H19F2N3O3S2. The van der Waals surface area contributed by atoms with Gasteiger partial charge in [0.15, 0.2) is 0 Å². The van der Waals surface area contributed by atoms with Crippen molar-refractivity contribution >= 4 is 43.9 Å². The minimum atomic E-state index is -3.54. The second kappa shape index (κ2) is 8.89. The summed E-state index contributed by atoms with van der Waals surface area (Å²) in [5.41, 5.74) is 9.47. The Hall–Kier alpha value is -4.02. The summed E-state index contributed by atoms with van der Waals surface area (Å²) in [6, 6.07) is 17.0. The largest absolute Gasteiger partial charge is 0.364 e. The number of hydrogen-bond donors (Lipinski definition) is 2. The Morgan fingerprint density at radius 2 is 1.72 bits per heavy atom. The Morgan fingerprint density at radius 1 is 0.944 bits per heavy atom. The molecule has 2 heterocycles. The van der Waals surface area contributed by atoms with Crippen LogP contribution in [0.4, 0.5) is 14.5 Å². The van der Waals surface area contributed by atoms with E-state index in [9.17, 15) is 22.0 Å². The van der Waals surface area contributed by atoms with Crippen LogP contribution in [0.25, 0.3) is 38.8 Å². The zero-order valence-electron chi connectivity index (χ0n) is 18.8. The van der Waals surface area contributed by atoms with Gasteiger partial charge in [0, 0.05) is 22.7 Å². The maximum atomic E-state index is 14.8. The van der Waals surface area contributed by atoms with Crippen LogP contribution in [0.5, 0.6) is 0 Å². The van der Waals surface area contributed by atoms with Crippen molar-refractivity contribution in [3.8, 4) is 27.9 Å². The second-order valence-electron chi connectivity index (χ2n) is 8.28. The molecule has 182 valence electrons. The van der Waals surface area contributed by atoms with Crippen LogP contribution in [0.2, 0.25) is 0 Å². The van der Waals surface area contributed by atoms with Gasteiger partial charge in [-0.05, 0) is 82.0 Å². The molecule has 0 radical (unpaired) electrons. The topological polar surface area (TPSA) is 94.2 Å². The van der Waals surface area contributed by atoms with Crippen LogP contribution in [-0.4, -0.2) is 25.1 Å². The predicted molar refractivity (Wildman–Crippen MR) is 139 cm³/mol. The standard InChI is InChI=1S/C26H19F2N3O3S2/c1-36(33,34)30-20-4-2-15-11-25(26(29)32)31(24(15)13-20)21-9-17(16-6-7-35-14-16)8-18(10-21)22-5-3-19(27)12-23(22)28/h2-14,30H,1H3,(H2,29,32). The number of amides is 1. The third kappa shape index (κ3) is 4.60. The number of fused-ring (bicyclic) bond motifs is 1. The normalized spacial score (nSPS) is 11.6. The maximum absolute atomic E-state index is 14.8. The summed E-state index contributed by atoms with van der Waals surface area (Å²) in [7, 11) is -3.54. The third-order valence-electron chi connectivity index (χ3n) is 5.63. The fourth-order valence-electron chi connectivity index (χ4n) is 4.15. The van der Waals surface area contributed by atoms with E-state index < -0.39 is 27.6 Å². The van der Waals surface area contributed by atoms with Crippen LogP contribution in [-0.2, 0) is 10.0 Å². The van der Waals surface area contributed by atoms with E-state index in [0.717, 1.165) is 23.4 Å². The molecule has 0 aliphatic heterocycles. The summed E-state index contributed by atoms with van der Waals surface area (Å²) in [6.07, 6.45) is 1.04. The maximum Gasteiger partial charge on any atom is 0.265 e. The van der Waals surface area contributed by atoms with Gasteiger partial charge in [-0.1, -0.05) is 6.07 Å². The average Bonchev–Trinajstić information content (AvgIpc) is 3.46. The number of nitrogens with one attached hydrogen (secondary N) is 1. The van der Waals surface area contributed by atoms with Crippen LogP contribution >= 0.6 is 11.3 Å². The van der Waals surface area contributed by atoms with Crippen LogP contribution in [0, 0.1) is 11.6 Å². The number of nitrogens with zero attached hydrogens (tertiary/aromatic N) is 1. The summed E-state index contributed by atoms with van der Waals surface area (Å²) >= 11 is 1.49. The number of rotatable bonds is 6. The highest BCUT2D eigenvalue weighted by molar-refractivity contribution is 7.92. The SMILES string of the molecule is CS(=O)(=O)Nc1ccc2cc(C(N)=O)n(-c3cc(-c4ccsc4)cc(-c4ccc(F)cc4F)c3)c2c1. The van der Waals surface area contributed by atoms with E-state index in [0.29, 0.717) is 27.8 Å². The Balaban J connectivity index is 1.81. The number of anilines is 1. The number of carbonyl (C=O) groups excluding carboxylic acids is 1. The first kappa shape index (κ1) is 23.7. The monoisotopic (exact) mass is 523 g/mol. The first-order valence-electron chi connectivity index (χ1n) is 10.7. The van der Waals surface area contributed by atoms with Gasteiger partial charge in [0.05, 0.1) is 17.5 Å². The van der Waals surface area contributed by atoms with Crippen LogP contribution in [0.3, 0.4) is 0 Å². The van der Waals surface area contributed by atoms with Crippen molar-refractivity contribution < 1.29 is 22.0 Å². The molecule has 0 fully saturated rings. The summed E-state index contributed by atoms with van der Waals surface area (Å²) in [4.78, 5) is 12.4. The highest BCUT2D eigenvalue weighted by Crippen LogP contribution is 2.35. The average molecular weight is 524 g/mol. The van der Waals surface area contributed by atoms with E-state index in [2.05, 4.69) is 4.72 Å². The Labute approximate surface area is 209 Å². The van der Waals surface area contributed by atoms with Gasteiger partial charge in [-0.2, -0.15) is 11.3 Å². The highest BCUT2D eigenvalue weighted by atomic mass is 32.2. The number of aromatic nitrogens is 1. The number of thiophene rings is 1. The fraction of sp³-hybridized carbons (Fsp3) is 0.0385. The third-order valence-corrected chi connectivity index (χ3v) is 6.92. The number of halogens is 2. The fourth-order valence-corrected chi connectivity index (χ4v) is 5.37. The quantitative estimate of drug-likeness (QED) is 0.296. The molecule has 3 N–H and O–H groups in total. The molecule has 0 unspecified atom stereocenters. The number of nitrogens with two attached hydrogens (primary N) is 1. The molecule has 5 rings (SSSR count). The summed E-state index contributed by atoms with van der Waals surface area (Å²) in [6.45, 7) is 0. The van der Waals surface area contributed by atoms with Crippen LogP contribution in [0.1, 0.15) is 10.5 Å². The first-order valence-corrected chi connectivity index (χ1v) is 13.5. The van der Waals surface area contributed by atoms with Crippen molar-refractivity contribution in [2.75, 3.05) is 11.0 Å². The molecule has 5 aromatic rings. The molecule has 1 amide bonds. The lowest BCUT2D eigenvalue weighted by atomic mass is 9.98. The van der Waals surface area contributed by atoms with Crippen molar-refractivity contribution in [3.63, 3.8) is 0 Å². The highest BCUT2D eigenvalue weighted by Gasteiger charge is 2.18. The Kier molecular flexibility index (Phi) is 5.85. The molecule has 3 aromatic carbocycles. The molecule has 6 nitrogen and oxygen atoms in total. The molecule has 0 spiro atoms. The predicted octanol–water partition coefficient (Wildman–Crippen LogP) is 5.77. The zero-order valence-corrected chi connectivity index (χ0v) is 20.5. The molecule has 0 bridgehead atoms. The van der Waals surface area contributed by atoms with E-state index in [-0.39, 0.29) is 11.3 Å². The van der Waals surface area contributed by atoms with E-state index in [1.807, 2.05) is 22.9 Å².